The minimum Gasteiger partial charge on any atom is -0.478 e. The third kappa shape index (κ3) is 4.97. The van der Waals surface area contributed by atoms with E-state index in [2.05, 4.69) is 15.3 Å². The zero-order valence-corrected chi connectivity index (χ0v) is 13.8. The molecule has 1 aromatic carbocycles. The molecule has 1 heterocycles. The van der Waals surface area contributed by atoms with Crippen molar-refractivity contribution >= 4 is 11.9 Å². The highest BCUT2D eigenvalue weighted by Gasteiger charge is 2.22. The number of carboxylic acid groups (broad SMARTS) is 1. The molecule has 0 saturated carbocycles. The van der Waals surface area contributed by atoms with Crippen LogP contribution in [0.4, 0.5) is 4.39 Å². The average Bonchev–Trinajstić information content (AvgIpc) is 2.59. The number of aliphatic carboxylic acids is 1. The van der Waals surface area contributed by atoms with Gasteiger partial charge in [-0.15, -0.1) is 0 Å². The number of benzene rings is 1. The molecule has 0 fully saturated rings. The number of carbonyl (C=O) groups excluding carboxylic acids is 1. The van der Waals surface area contributed by atoms with E-state index in [0.29, 0.717) is 5.69 Å². The first-order valence-electron chi connectivity index (χ1n) is 7.61. The van der Waals surface area contributed by atoms with Gasteiger partial charge in [0.05, 0.1) is 17.8 Å². The summed E-state index contributed by atoms with van der Waals surface area (Å²) in [5.41, 5.74) is 0.849. The fourth-order valence-corrected chi connectivity index (χ4v) is 2.11. The summed E-state index contributed by atoms with van der Waals surface area (Å²) in [7, 11) is 0. The minimum atomic E-state index is -1.32. The van der Waals surface area contributed by atoms with E-state index in [-0.39, 0.29) is 23.8 Å². The first-order valence-corrected chi connectivity index (χ1v) is 7.61. The Morgan fingerprint density at radius 3 is 2.56 bits per heavy atom. The fourth-order valence-electron chi connectivity index (χ4n) is 2.11. The van der Waals surface area contributed by atoms with E-state index in [9.17, 15) is 19.1 Å². The van der Waals surface area contributed by atoms with Crippen LogP contribution in [-0.4, -0.2) is 39.6 Å². The monoisotopic (exact) mass is 347 g/mol. The third-order valence-corrected chi connectivity index (χ3v) is 3.35. The molecule has 8 heteroatoms. The lowest BCUT2D eigenvalue weighted by Gasteiger charge is -2.16. The van der Waals surface area contributed by atoms with Crippen molar-refractivity contribution < 1.29 is 23.8 Å². The Bertz CT molecular complexity index is 750. The van der Waals surface area contributed by atoms with Gasteiger partial charge < -0.3 is 15.2 Å². The second-order valence-corrected chi connectivity index (χ2v) is 5.59. The van der Waals surface area contributed by atoms with Gasteiger partial charge in [0.15, 0.2) is 0 Å². The smallest absolute Gasteiger partial charge is 0.346 e. The number of amides is 1. The number of halogens is 1. The van der Waals surface area contributed by atoms with Crippen molar-refractivity contribution in [3.63, 3.8) is 0 Å². The summed E-state index contributed by atoms with van der Waals surface area (Å²) in [6.45, 7) is 3.51. The molecule has 0 aliphatic rings. The first kappa shape index (κ1) is 18.3. The molecule has 1 amide bonds. The number of hydrogen-bond donors (Lipinski definition) is 2. The van der Waals surface area contributed by atoms with Crippen molar-refractivity contribution in [2.24, 2.45) is 0 Å². The van der Waals surface area contributed by atoms with Gasteiger partial charge in [0.1, 0.15) is 17.9 Å². The molecule has 0 spiro atoms. The number of carboxylic acids is 1. The van der Waals surface area contributed by atoms with Gasteiger partial charge >= 0.3 is 5.97 Å². The molecule has 25 heavy (non-hydrogen) atoms. The Labute approximate surface area is 143 Å². The lowest BCUT2D eigenvalue weighted by Crippen LogP contribution is -2.40. The molecule has 2 aromatic rings. The number of aromatic nitrogens is 2. The minimum absolute atomic E-state index is 0.00878. The van der Waals surface area contributed by atoms with Crippen molar-refractivity contribution in [3.8, 4) is 5.75 Å². The van der Waals surface area contributed by atoms with Gasteiger partial charge in [-0.1, -0.05) is 13.8 Å². The topological polar surface area (TPSA) is 101 Å². The highest BCUT2D eigenvalue weighted by molar-refractivity contribution is 5.95. The predicted molar refractivity (Wildman–Crippen MR) is 86.9 cm³/mol. The molecule has 1 aromatic heterocycles. The second-order valence-electron chi connectivity index (χ2n) is 5.59. The predicted octanol–water partition coefficient (Wildman–Crippen LogP) is 2.00. The van der Waals surface area contributed by atoms with E-state index in [0.717, 1.165) is 12.1 Å². The van der Waals surface area contributed by atoms with Crippen molar-refractivity contribution in [3.05, 3.63) is 53.9 Å². The molecule has 1 atom stereocenters. The van der Waals surface area contributed by atoms with Crippen LogP contribution in [0.2, 0.25) is 0 Å². The van der Waals surface area contributed by atoms with Crippen LogP contribution >= 0.6 is 0 Å². The number of nitrogens with one attached hydrogen (secondary N) is 1. The van der Waals surface area contributed by atoms with E-state index in [1.54, 1.807) is 0 Å². The first-order chi connectivity index (χ1) is 11.9. The second kappa shape index (κ2) is 8.18. The summed E-state index contributed by atoms with van der Waals surface area (Å²) in [6, 6.07) is 4.94. The highest BCUT2D eigenvalue weighted by Crippen LogP contribution is 2.16. The molecule has 0 aliphatic carbocycles. The fraction of sp³-hybridized carbons (Fsp3) is 0.294. The number of carbonyl (C=O) groups is 2. The summed E-state index contributed by atoms with van der Waals surface area (Å²) >= 11 is 0. The molecular formula is C17H18FN3O4. The summed E-state index contributed by atoms with van der Waals surface area (Å²) in [5, 5.41) is 11.7. The highest BCUT2D eigenvalue weighted by atomic mass is 19.1. The lowest BCUT2D eigenvalue weighted by molar-refractivity contribution is -0.144. The standard InChI is InChI=1S/C17H18FN3O4/c1-10(2)15-13(7-19-9-21-15)16(22)20-8-14(17(23)24)25-12-5-3-11(18)4-6-12/h3-7,9-10,14H,8H2,1-2H3,(H,20,22)(H,23,24). The van der Waals surface area contributed by atoms with Crippen LogP contribution in [0.3, 0.4) is 0 Å². The van der Waals surface area contributed by atoms with Gasteiger partial charge in [-0.05, 0) is 30.2 Å². The van der Waals surface area contributed by atoms with Gasteiger partial charge in [0.2, 0.25) is 6.10 Å². The van der Waals surface area contributed by atoms with Crippen molar-refractivity contribution in [1.82, 2.24) is 15.3 Å². The number of nitrogens with zero attached hydrogens (tertiary/aromatic N) is 2. The van der Waals surface area contributed by atoms with Gasteiger partial charge in [-0.25, -0.2) is 19.2 Å². The molecule has 0 bridgehead atoms. The zero-order chi connectivity index (χ0) is 18.4. The van der Waals surface area contributed by atoms with Gasteiger partial charge in [-0.2, -0.15) is 0 Å². The molecule has 132 valence electrons. The third-order valence-electron chi connectivity index (χ3n) is 3.35. The maximum Gasteiger partial charge on any atom is 0.346 e. The molecule has 2 rings (SSSR count). The van der Waals surface area contributed by atoms with Crippen LogP contribution in [0.25, 0.3) is 0 Å². The summed E-state index contributed by atoms with van der Waals surface area (Å²) in [5.74, 6) is -2.00. The van der Waals surface area contributed by atoms with Crippen LogP contribution in [0.1, 0.15) is 35.8 Å². The Morgan fingerprint density at radius 2 is 1.96 bits per heavy atom. The van der Waals surface area contributed by atoms with Crippen LogP contribution in [0, 0.1) is 5.82 Å². The molecule has 7 nitrogen and oxygen atoms in total. The van der Waals surface area contributed by atoms with Crippen molar-refractivity contribution in [2.75, 3.05) is 6.54 Å². The number of rotatable bonds is 7. The normalized spacial score (nSPS) is 11.8. The van der Waals surface area contributed by atoms with Crippen molar-refractivity contribution in [1.29, 1.82) is 0 Å². The summed E-state index contributed by atoms with van der Waals surface area (Å²) in [6.07, 6.45) is 1.42. The quantitative estimate of drug-likeness (QED) is 0.794. The summed E-state index contributed by atoms with van der Waals surface area (Å²) in [4.78, 5) is 31.5. The van der Waals surface area contributed by atoms with Crippen LogP contribution < -0.4 is 10.1 Å². The average molecular weight is 347 g/mol. The molecule has 0 saturated heterocycles. The van der Waals surface area contributed by atoms with E-state index in [4.69, 9.17) is 4.74 Å². The van der Waals surface area contributed by atoms with Gasteiger partial charge in [0, 0.05) is 6.20 Å². The Morgan fingerprint density at radius 1 is 1.28 bits per heavy atom. The Balaban J connectivity index is 2.05. The maximum atomic E-state index is 12.9. The van der Waals surface area contributed by atoms with Crippen LogP contribution in [-0.2, 0) is 4.79 Å². The lowest BCUT2D eigenvalue weighted by atomic mass is 10.0. The number of hydrogen-bond acceptors (Lipinski definition) is 5. The van der Waals surface area contributed by atoms with E-state index in [1.807, 2.05) is 13.8 Å². The van der Waals surface area contributed by atoms with Gasteiger partial charge in [-0.3, -0.25) is 4.79 Å². The largest absolute Gasteiger partial charge is 0.478 e. The Kier molecular flexibility index (Phi) is 5.99. The Hall–Kier alpha value is -3.03. The van der Waals surface area contributed by atoms with E-state index < -0.39 is 23.8 Å². The number of ether oxygens (including phenoxy) is 1. The molecule has 0 aliphatic heterocycles. The van der Waals surface area contributed by atoms with Crippen molar-refractivity contribution in [2.45, 2.75) is 25.9 Å². The van der Waals surface area contributed by atoms with E-state index >= 15 is 0 Å². The van der Waals surface area contributed by atoms with E-state index in [1.165, 1.54) is 24.7 Å². The maximum absolute atomic E-state index is 12.9. The zero-order valence-electron chi connectivity index (χ0n) is 13.8. The summed E-state index contributed by atoms with van der Waals surface area (Å²) < 4.78 is 18.2. The molecule has 2 N–H and O–H groups in total. The SMILES string of the molecule is CC(C)c1ncncc1C(=O)NCC(Oc1ccc(F)cc1)C(=O)O. The molecule has 1 unspecified atom stereocenters. The van der Waals surface area contributed by atoms with Crippen LogP contribution in [0.5, 0.6) is 5.75 Å². The molecule has 0 radical (unpaired) electrons. The molecular weight excluding hydrogens is 329 g/mol. The van der Waals surface area contributed by atoms with Gasteiger partial charge in [0.25, 0.3) is 5.91 Å². The van der Waals surface area contributed by atoms with Crippen LogP contribution in [0.15, 0.2) is 36.8 Å².